The number of benzene rings is 1. The van der Waals surface area contributed by atoms with Crippen LogP contribution < -0.4 is 5.32 Å². The first-order chi connectivity index (χ1) is 7.91. The number of nitrogens with one attached hydrogen (secondary N) is 1. The molecule has 0 amide bonds. The Morgan fingerprint density at radius 3 is 2.47 bits per heavy atom. The van der Waals surface area contributed by atoms with Crippen LogP contribution in [-0.2, 0) is 0 Å². The van der Waals surface area contributed by atoms with Crippen LogP contribution in [0.3, 0.4) is 0 Å². The van der Waals surface area contributed by atoms with Gasteiger partial charge in [0.1, 0.15) is 5.69 Å². The first kappa shape index (κ1) is 12.6. The average Bonchev–Trinajstić information content (AvgIpc) is 2.25. The molecule has 0 bridgehead atoms. The number of hydrogen-bond donors (Lipinski definition) is 1. The third kappa shape index (κ3) is 3.26. The Morgan fingerprint density at radius 2 is 2.00 bits per heavy atom. The molecule has 7 heteroatoms. The maximum absolute atomic E-state index is 10.8. The SMILES string of the molecule is C=C(C)CNc1ccc([N+](=O)[O-])cc1[N+](=O)[O-]. The van der Waals surface area contributed by atoms with Crippen molar-refractivity contribution in [1.82, 2.24) is 0 Å². The van der Waals surface area contributed by atoms with Crippen molar-refractivity contribution in [3.8, 4) is 0 Å². The summed E-state index contributed by atoms with van der Waals surface area (Å²) in [6, 6.07) is 3.47. The van der Waals surface area contributed by atoms with Crippen molar-refractivity contribution in [3.05, 3.63) is 50.6 Å². The third-order valence-corrected chi connectivity index (χ3v) is 1.97. The molecule has 1 rings (SSSR count). The summed E-state index contributed by atoms with van der Waals surface area (Å²) in [5, 5.41) is 24.1. The molecule has 0 aliphatic rings. The number of anilines is 1. The van der Waals surface area contributed by atoms with E-state index in [-0.39, 0.29) is 17.1 Å². The quantitative estimate of drug-likeness (QED) is 0.482. The first-order valence-corrected chi connectivity index (χ1v) is 4.73. The van der Waals surface area contributed by atoms with E-state index in [2.05, 4.69) is 11.9 Å². The van der Waals surface area contributed by atoms with Crippen LogP contribution in [0.25, 0.3) is 0 Å². The lowest BCUT2D eigenvalue weighted by Gasteiger charge is -2.06. The Balaban J connectivity index is 3.08. The summed E-state index contributed by atoms with van der Waals surface area (Å²) in [4.78, 5) is 19.9. The van der Waals surface area contributed by atoms with Gasteiger partial charge in [0.05, 0.1) is 15.9 Å². The second kappa shape index (κ2) is 5.06. The fraction of sp³-hybridized carbons (Fsp3) is 0.200. The molecule has 1 aromatic carbocycles. The highest BCUT2D eigenvalue weighted by Gasteiger charge is 2.18. The second-order valence-electron chi connectivity index (χ2n) is 3.53. The molecular weight excluding hydrogens is 226 g/mol. The highest BCUT2D eigenvalue weighted by molar-refractivity contribution is 5.65. The minimum absolute atomic E-state index is 0.239. The van der Waals surface area contributed by atoms with Crippen molar-refractivity contribution in [2.45, 2.75) is 6.92 Å². The highest BCUT2D eigenvalue weighted by Crippen LogP contribution is 2.28. The predicted octanol–water partition coefficient (Wildman–Crippen LogP) is 2.49. The molecule has 0 fully saturated rings. The van der Waals surface area contributed by atoms with Gasteiger partial charge in [-0.05, 0) is 13.0 Å². The molecule has 0 spiro atoms. The van der Waals surface area contributed by atoms with E-state index >= 15 is 0 Å². The molecule has 0 heterocycles. The summed E-state index contributed by atoms with van der Waals surface area (Å²) >= 11 is 0. The molecule has 0 aromatic heterocycles. The lowest BCUT2D eigenvalue weighted by atomic mass is 10.2. The van der Waals surface area contributed by atoms with Crippen LogP contribution >= 0.6 is 0 Å². The molecule has 0 unspecified atom stereocenters. The first-order valence-electron chi connectivity index (χ1n) is 4.73. The molecular formula is C10H11N3O4. The molecule has 0 radical (unpaired) electrons. The summed E-state index contributed by atoms with van der Waals surface area (Å²) < 4.78 is 0. The zero-order valence-corrected chi connectivity index (χ0v) is 9.17. The summed E-state index contributed by atoms with van der Waals surface area (Å²) in [6.07, 6.45) is 0. The predicted molar refractivity (Wildman–Crippen MR) is 63.1 cm³/mol. The number of nitrogens with zero attached hydrogens (tertiary/aromatic N) is 2. The lowest BCUT2D eigenvalue weighted by Crippen LogP contribution is -2.05. The third-order valence-electron chi connectivity index (χ3n) is 1.97. The Kier molecular flexibility index (Phi) is 3.76. The standard InChI is InChI=1S/C10H11N3O4/c1-7(2)6-11-9-4-3-8(12(14)15)5-10(9)13(16)17/h3-5,11H,1,6H2,2H3. The van der Waals surface area contributed by atoms with Crippen LogP contribution in [-0.4, -0.2) is 16.4 Å². The fourth-order valence-electron chi connectivity index (χ4n) is 1.18. The van der Waals surface area contributed by atoms with Crippen molar-refractivity contribution in [1.29, 1.82) is 0 Å². The van der Waals surface area contributed by atoms with Gasteiger partial charge in [-0.2, -0.15) is 0 Å². The van der Waals surface area contributed by atoms with Gasteiger partial charge in [-0.3, -0.25) is 20.2 Å². The van der Waals surface area contributed by atoms with Crippen LogP contribution in [0.1, 0.15) is 6.92 Å². The van der Waals surface area contributed by atoms with Gasteiger partial charge < -0.3 is 5.32 Å². The smallest absolute Gasteiger partial charge is 0.299 e. The fourth-order valence-corrected chi connectivity index (χ4v) is 1.18. The molecule has 90 valence electrons. The number of rotatable bonds is 5. The number of nitro groups is 2. The van der Waals surface area contributed by atoms with E-state index in [0.29, 0.717) is 6.54 Å². The molecule has 0 saturated carbocycles. The summed E-state index contributed by atoms with van der Waals surface area (Å²) in [5.74, 6) is 0. The number of hydrogen-bond acceptors (Lipinski definition) is 5. The normalized spacial score (nSPS) is 9.71. The van der Waals surface area contributed by atoms with Crippen molar-refractivity contribution in [2.24, 2.45) is 0 Å². The number of non-ortho nitro benzene ring substituents is 1. The lowest BCUT2D eigenvalue weighted by molar-refractivity contribution is -0.393. The van der Waals surface area contributed by atoms with Crippen LogP contribution in [0.15, 0.2) is 30.4 Å². The van der Waals surface area contributed by atoms with Gasteiger partial charge in [0.15, 0.2) is 0 Å². The minimum Gasteiger partial charge on any atom is -0.376 e. The van der Waals surface area contributed by atoms with Gasteiger partial charge >= 0.3 is 0 Å². The molecule has 1 N–H and O–H groups in total. The highest BCUT2D eigenvalue weighted by atomic mass is 16.6. The van der Waals surface area contributed by atoms with Crippen molar-refractivity contribution in [3.63, 3.8) is 0 Å². The van der Waals surface area contributed by atoms with Crippen LogP contribution in [0.5, 0.6) is 0 Å². The van der Waals surface area contributed by atoms with E-state index in [4.69, 9.17) is 0 Å². The topological polar surface area (TPSA) is 98.3 Å². The van der Waals surface area contributed by atoms with Gasteiger partial charge in [0.2, 0.25) is 0 Å². The summed E-state index contributed by atoms with van der Waals surface area (Å²) in [5.41, 5.74) is 0.416. The number of nitro benzene ring substituents is 2. The maximum Gasteiger partial charge on any atom is 0.299 e. The molecule has 1 aromatic rings. The molecule has 0 atom stereocenters. The zero-order chi connectivity index (χ0) is 13.0. The molecule has 0 aliphatic carbocycles. The average molecular weight is 237 g/mol. The minimum atomic E-state index is -0.671. The largest absolute Gasteiger partial charge is 0.376 e. The second-order valence-corrected chi connectivity index (χ2v) is 3.53. The van der Waals surface area contributed by atoms with Crippen LogP contribution in [0, 0.1) is 20.2 Å². The van der Waals surface area contributed by atoms with Gasteiger partial charge in [-0.15, -0.1) is 0 Å². The zero-order valence-electron chi connectivity index (χ0n) is 9.17. The van der Waals surface area contributed by atoms with Gasteiger partial charge in [0, 0.05) is 12.6 Å². The monoisotopic (exact) mass is 237 g/mol. The van der Waals surface area contributed by atoms with E-state index in [9.17, 15) is 20.2 Å². The van der Waals surface area contributed by atoms with E-state index in [1.807, 2.05) is 0 Å². The van der Waals surface area contributed by atoms with Gasteiger partial charge in [-0.25, -0.2) is 0 Å². The Labute approximate surface area is 97.1 Å². The Morgan fingerprint density at radius 1 is 1.35 bits per heavy atom. The molecule has 0 aliphatic heterocycles. The summed E-state index contributed by atoms with van der Waals surface area (Å²) in [7, 11) is 0. The Bertz CT molecular complexity index is 484. The van der Waals surface area contributed by atoms with Crippen molar-refractivity contribution in [2.75, 3.05) is 11.9 Å². The van der Waals surface area contributed by atoms with Gasteiger partial charge in [-0.1, -0.05) is 12.2 Å². The maximum atomic E-state index is 10.8. The van der Waals surface area contributed by atoms with E-state index in [1.54, 1.807) is 6.92 Å². The summed E-state index contributed by atoms with van der Waals surface area (Å²) in [6.45, 7) is 5.79. The van der Waals surface area contributed by atoms with Gasteiger partial charge in [0.25, 0.3) is 11.4 Å². The van der Waals surface area contributed by atoms with Crippen LogP contribution in [0.2, 0.25) is 0 Å². The molecule has 17 heavy (non-hydrogen) atoms. The van der Waals surface area contributed by atoms with Crippen molar-refractivity contribution < 1.29 is 9.85 Å². The molecule has 7 nitrogen and oxygen atoms in total. The molecule has 0 saturated heterocycles. The van der Waals surface area contributed by atoms with E-state index < -0.39 is 9.85 Å². The Hall–Kier alpha value is -2.44. The van der Waals surface area contributed by atoms with E-state index in [0.717, 1.165) is 11.6 Å². The van der Waals surface area contributed by atoms with E-state index in [1.165, 1.54) is 12.1 Å². The van der Waals surface area contributed by atoms with Crippen LogP contribution in [0.4, 0.5) is 17.1 Å². The van der Waals surface area contributed by atoms with Crippen molar-refractivity contribution >= 4 is 17.1 Å².